The molecule has 1 aromatic rings. The SMILES string of the molecule is CCN(C1=CC(Cl)=CC(C(=O)NCc2c(C)cc(C)[nH]c2=O)C1(C)C)C1CN(C(=O)C(C)(C)C)C1. The van der Waals surface area contributed by atoms with Gasteiger partial charge in [-0.15, -0.1) is 0 Å². The lowest BCUT2D eigenvalue weighted by Crippen LogP contribution is -2.63. The molecule has 35 heavy (non-hydrogen) atoms. The molecule has 7 nitrogen and oxygen atoms in total. The normalized spacial score (nSPS) is 20.0. The minimum absolute atomic E-state index is 0.151. The summed E-state index contributed by atoms with van der Waals surface area (Å²) >= 11 is 6.53. The predicted octanol–water partition coefficient (Wildman–Crippen LogP) is 3.85. The van der Waals surface area contributed by atoms with Gasteiger partial charge in [0.05, 0.1) is 12.0 Å². The molecule has 3 rings (SSSR count). The zero-order chi connectivity index (χ0) is 26.3. The minimum Gasteiger partial charge on any atom is -0.368 e. The molecule has 192 valence electrons. The average molecular weight is 503 g/mol. The molecule has 2 aliphatic rings. The maximum absolute atomic E-state index is 13.4. The van der Waals surface area contributed by atoms with E-state index in [1.165, 1.54) is 0 Å². The molecule has 1 aromatic heterocycles. The van der Waals surface area contributed by atoms with Gasteiger partial charge in [0, 0.05) is 59.0 Å². The van der Waals surface area contributed by atoms with Crippen molar-refractivity contribution in [2.75, 3.05) is 19.6 Å². The van der Waals surface area contributed by atoms with Crippen molar-refractivity contribution in [2.24, 2.45) is 16.7 Å². The summed E-state index contributed by atoms with van der Waals surface area (Å²) in [6, 6.07) is 2.08. The van der Waals surface area contributed by atoms with Crippen molar-refractivity contribution in [2.45, 2.75) is 68.0 Å². The van der Waals surface area contributed by atoms with Crippen LogP contribution in [0.5, 0.6) is 0 Å². The van der Waals surface area contributed by atoms with Crippen molar-refractivity contribution in [3.63, 3.8) is 0 Å². The fraction of sp³-hybridized carbons (Fsp3) is 0.593. The van der Waals surface area contributed by atoms with E-state index in [-0.39, 0.29) is 30.0 Å². The van der Waals surface area contributed by atoms with Crippen LogP contribution < -0.4 is 10.9 Å². The van der Waals surface area contributed by atoms with E-state index in [1.54, 1.807) is 6.08 Å². The number of pyridine rings is 1. The maximum atomic E-state index is 13.4. The third-order valence-corrected chi connectivity index (χ3v) is 7.37. The number of carbonyl (C=O) groups excluding carboxylic acids is 2. The molecule has 8 heteroatoms. The standard InChI is InChI=1S/C27H39ClN4O3/c1-9-32(19-14-31(15-19)25(35)26(4,5)6)22-12-18(28)11-21(27(22,7)8)24(34)29-13-20-16(2)10-17(3)30-23(20)33/h10-12,19,21H,9,13-15H2,1-8H3,(H,29,34)(H,30,33). The lowest BCUT2D eigenvalue weighted by molar-refractivity contribution is -0.146. The van der Waals surface area contributed by atoms with Crippen molar-refractivity contribution in [3.05, 3.63) is 56.1 Å². The number of allylic oxidation sites excluding steroid dienone is 3. The van der Waals surface area contributed by atoms with Crippen molar-refractivity contribution >= 4 is 23.4 Å². The molecule has 0 saturated carbocycles. The zero-order valence-corrected chi connectivity index (χ0v) is 23.0. The van der Waals surface area contributed by atoms with Crippen LogP contribution in [0.2, 0.25) is 0 Å². The van der Waals surface area contributed by atoms with Gasteiger partial charge in [-0.2, -0.15) is 0 Å². The zero-order valence-electron chi connectivity index (χ0n) is 22.2. The molecule has 2 amide bonds. The van der Waals surface area contributed by atoms with Crippen molar-refractivity contribution in [1.82, 2.24) is 20.1 Å². The minimum atomic E-state index is -0.526. The third-order valence-electron chi connectivity index (χ3n) is 7.14. The Balaban J connectivity index is 1.76. The number of nitrogens with one attached hydrogen (secondary N) is 2. The fourth-order valence-corrected chi connectivity index (χ4v) is 5.28. The molecule has 0 aromatic carbocycles. The largest absolute Gasteiger partial charge is 0.368 e. The van der Waals surface area contributed by atoms with E-state index in [0.717, 1.165) is 23.5 Å². The molecule has 1 fully saturated rings. The Morgan fingerprint density at radius 1 is 1.26 bits per heavy atom. The van der Waals surface area contributed by atoms with Crippen LogP contribution >= 0.6 is 11.6 Å². The van der Waals surface area contributed by atoms with Crippen molar-refractivity contribution in [3.8, 4) is 0 Å². The first-order valence-electron chi connectivity index (χ1n) is 12.3. The summed E-state index contributed by atoms with van der Waals surface area (Å²) < 4.78 is 0. The highest BCUT2D eigenvalue weighted by Gasteiger charge is 2.45. The van der Waals surface area contributed by atoms with Gasteiger partial charge in [-0.3, -0.25) is 14.4 Å². The van der Waals surface area contributed by atoms with E-state index in [1.807, 2.05) is 65.5 Å². The van der Waals surface area contributed by atoms with Gasteiger partial charge in [-0.1, -0.05) is 52.3 Å². The molecule has 1 saturated heterocycles. The van der Waals surface area contributed by atoms with Gasteiger partial charge in [0.15, 0.2) is 0 Å². The van der Waals surface area contributed by atoms with E-state index in [0.29, 0.717) is 23.7 Å². The van der Waals surface area contributed by atoms with Crippen molar-refractivity contribution < 1.29 is 9.59 Å². The Morgan fingerprint density at radius 2 is 1.89 bits per heavy atom. The average Bonchev–Trinajstić information content (AvgIpc) is 2.70. The third kappa shape index (κ3) is 5.50. The van der Waals surface area contributed by atoms with Gasteiger partial charge in [0.2, 0.25) is 11.8 Å². The Bertz CT molecular complexity index is 1120. The first-order chi connectivity index (χ1) is 16.2. The van der Waals surface area contributed by atoms with E-state index < -0.39 is 16.7 Å². The number of carbonyl (C=O) groups is 2. The second kappa shape index (κ2) is 9.84. The van der Waals surface area contributed by atoms with Crippen molar-refractivity contribution in [1.29, 1.82) is 0 Å². The monoisotopic (exact) mass is 502 g/mol. The number of halogens is 1. The van der Waals surface area contributed by atoms with Crippen LogP contribution in [0.1, 0.15) is 58.4 Å². The van der Waals surface area contributed by atoms with Crippen LogP contribution in [0.15, 0.2) is 33.7 Å². The number of nitrogens with zero attached hydrogens (tertiary/aromatic N) is 2. The number of aryl methyl sites for hydroxylation is 2. The van der Waals surface area contributed by atoms with Gasteiger partial charge in [0.1, 0.15) is 0 Å². The number of likely N-dealkylation sites (N-methyl/N-ethyl adjacent to an activating group) is 1. The second-order valence-electron chi connectivity index (χ2n) is 11.3. The van der Waals surface area contributed by atoms with Crippen LogP contribution in [0.3, 0.4) is 0 Å². The molecule has 0 spiro atoms. The first-order valence-corrected chi connectivity index (χ1v) is 12.7. The molecule has 0 bridgehead atoms. The quantitative estimate of drug-likeness (QED) is 0.618. The fourth-order valence-electron chi connectivity index (χ4n) is 5.05. The van der Waals surface area contributed by atoms with Gasteiger partial charge >= 0.3 is 0 Å². The van der Waals surface area contributed by atoms with Crippen LogP contribution in [-0.4, -0.2) is 52.3 Å². The number of amides is 2. The molecule has 2 N–H and O–H groups in total. The topological polar surface area (TPSA) is 85.5 Å². The van der Waals surface area contributed by atoms with Crippen LogP contribution in [0, 0.1) is 30.6 Å². The highest BCUT2D eigenvalue weighted by molar-refractivity contribution is 6.31. The molecule has 1 atom stereocenters. The van der Waals surface area contributed by atoms with Gasteiger partial charge in [-0.25, -0.2) is 0 Å². The molecule has 1 unspecified atom stereocenters. The molecule has 1 aliphatic heterocycles. The summed E-state index contributed by atoms with van der Waals surface area (Å²) in [4.78, 5) is 45.3. The number of hydrogen-bond donors (Lipinski definition) is 2. The Morgan fingerprint density at radius 3 is 2.43 bits per heavy atom. The van der Waals surface area contributed by atoms with E-state index in [9.17, 15) is 14.4 Å². The molecule has 2 heterocycles. The lowest BCUT2D eigenvalue weighted by Gasteiger charge is -2.52. The Hall–Kier alpha value is -2.54. The van der Waals surface area contributed by atoms with Gasteiger partial charge in [0.25, 0.3) is 5.56 Å². The predicted molar refractivity (Wildman–Crippen MR) is 140 cm³/mol. The number of rotatable bonds is 6. The maximum Gasteiger partial charge on any atom is 0.253 e. The number of hydrogen-bond acceptors (Lipinski definition) is 4. The second-order valence-corrected chi connectivity index (χ2v) is 11.8. The highest BCUT2D eigenvalue weighted by Crippen LogP contribution is 2.44. The van der Waals surface area contributed by atoms with Crippen LogP contribution in [0.4, 0.5) is 0 Å². The summed E-state index contributed by atoms with van der Waals surface area (Å²) in [5, 5.41) is 3.48. The lowest BCUT2D eigenvalue weighted by atomic mass is 9.71. The highest BCUT2D eigenvalue weighted by atomic mass is 35.5. The Labute approximate surface area is 213 Å². The molecule has 1 aliphatic carbocycles. The summed E-state index contributed by atoms with van der Waals surface area (Å²) in [7, 11) is 0. The van der Waals surface area contributed by atoms with Crippen LogP contribution in [-0.2, 0) is 16.1 Å². The number of aromatic amines is 1. The number of H-pyrrole nitrogens is 1. The number of likely N-dealkylation sites (tertiary alicyclic amines) is 1. The number of aromatic nitrogens is 1. The summed E-state index contributed by atoms with van der Waals surface area (Å²) in [5.74, 6) is -0.521. The summed E-state index contributed by atoms with van der Waals surface area (Å²) in [5.41, 5.74) is 2.07. The van der Waals surface area contributed by atoms with Gasteiger partial charge in [-0.05, 0) is 38.5 Å². The van der Waals surface area contributed by atoms with E-state index in [2.05, 4.69) is 22.1 Å². The summed E-state index contributed by atoms with van der Waals surface area (Å²) in [6.07, 6.45) is 3.73. The van der Waals surface area contributed by atoms with Crippen LogP contribution in [0.25, 0.3) is 0 Å². The molecular formula is C27H39ClN4O3. The molecular weight excluding hydrogens is 464 g/mol. The molecule has 0 radical (unpaired) electrons. The smallest absolute Gasteiger partial charge is 0.253 e. The van der Waals surface area contributed by atoms with Gasteiger partial charge < -0.3 is 20.1 Å². The van der Waals surface area contributed by atoms with E-state index >= 15 is 0 Å². The Kier molecular flexibility index (Phi) is 7.61. The summed E-state index contributed by atoms with van der Waals surface area (Å²) in [6.45, 7) is 17.9. The van der Waals surface area contributed by atoms with E-state index in [4.69, 9.17) is 11.6 Å². The first kappa shape index (κ1) is 27.1.